The molecule has 0 unspecified atom stereocenters. The molecule has 0 spiro atoms. The number of rotatable bonds is 4. The van der Waals surface area contributed by atoms with Crippen LogP contribution in [0.15, 0.2) is 48.8 Å². The van der Waals surface area contributed by atoms with E-state index in [1.807, 2.05) is 22.6 Å². The van der Waals surface area contributed by atoms with Crippen LogP contribution in [0.2, 0.25) is 0 Å². The molecule has 2 amide bonds. The fraction of sp³-hybridized carbons (Fsp3) is 0.190. The van der Waals surface area contributed by atoms with Crippen LogP contribution in [0.3, 0.4) is 0 Å². The highest BCUT2D eigenvalue weighted by atomic mass is 127. The van der Waals surface area contributed by atoms with Crippen molar-refractivity contribution < 1.29 is 31.5 Å². The van der Waals surface area contributed by atoms with Crippen molar-refractivity contribution in [3.8, 4) is 0 Å². The van der Waals surface area contributed by atoms with Crippen LogP contribution in [0.25, 0.3) is 0 Å². The molecule has 2 aromatic carbocycles. The number of nitrogens with zero attached hydrogens (tertiary/aromatic N) is 3. The topological polar surface area (TPSA) is 55.2 Å². The van der Waals surface area contributed by atoms with Crippen molar-refractivity contribution in [2.75, 3.05) is 4.90 Å². The second-order valence-electron chi connectivity index (χ2n) is 7.23. The van der Waals surface area contributed by atoms with E-state index in [2.05, 4.69) is 5.10 Å². The minimum absolute atomic E-state index is 0.0743. The fourth-order valence-electron chi connectivity index (χ4n) is 3.49. The first kappa shape index (κ1) is 22.4. The second kappa shape index (κ2) is 7.64. The van der Waals surface area contributed by atoms with E-state index in [9.17, 15) is 31.5 Å². The maximum Gasteiger partial charge on any atom is 0.458 e. The molecule has 0 radical (unpaired) electrons. The van der Waals surface area contributed by atoms with E-state index in [0.717, 1.165) is 9.58 Å². The zero-order chi connectivity index (χ0) is 23.4. The SMILES string of the molecule is Cc1cc(Cn2cc(C(F)(F)C(F)(F)F)cn2)ccc1N1C(=O)c2cccc(I)c2C1=O. The molecule has 0 aliphatic carbocycles. The highest BCUT2D eigenvalue weighted by molar-refractivity contribution is 14.1. The molecule has 0 fully saturated rings. The molecule has 166 valence electrons. The largest absolute Gasteiger partial charge is 0.458 e. The monoisotopic (exact) mass is 561 g/mol. The predicted octanol–water partition coefficient (Wildman–Crippen LogP) is 5.30. The first-order valence-electron chi connectivity index (χ1n) is 9.16. The van der Waals surface area contributed by atoms with E-state index in [4.69, 9.17) is 0 Å². The Hall–Kier alpha value is -2.83. The van der Waals surface area contributed by atoms with Gasteiger partial charge in [0.25, 0.3) is 11.8 Å². The van der Waals surface area contributed by atoms with Crippen LogP contribution in [0.1, 0.15) is 37.4 Å². The molecule has 0 bridgehead atoms. The number of halogens is 6. The first-order chi connectivity index (χ1) is 14.9. The van der Waals surface area contributed by atoms with E-state index in [1.54, 1.807) is 37.3 Å². The molecule has 11 heteroatoms. The highest BCUT2D eigenvalue weighted by Gasteiger charge is 2.59. The number of aryl methyl sites for hydroxylation is 1. The third-order valence-corrected chi connectivity index (χ3v) is 5.96. The van der Waals surface area contributed by atoms with Gasteiger partial charge in [-0.2, -0.15) is 27.1 Å². The molecule has 32 heavy (non-hydrogen) atoms. The summed E-state index contributed by atoms with van der Waals surface area (Å²) in [4.78, 5) is 26.7. The van der Waals surface area contributed by atoms with Crippen LogP contribution in [0, 0.1) is 10.5 Å². The maximum atomic E-state index is 13.5. The van der Waals surface area contributed by atoms with Gasteiger partial charge in [-0.05, 0) is 58.8 Å². The summed E-state index contributed by atoms with van der Waals surface area (Å²) >= 11 is 1.99. The van der Waals surface area contributed by atoms with E-state index >= 15 is 0 Å². The van der Waals surface area contributed by atoms with Crippen LogP contribution < -0.4 is 4.90 Å². The number of carbonyl (C=O) groups is 2. The van der Waals surface area contributed by atoms with Crippen LogP contribution in [0.5, 0.6) is 0 Å². The van der Waals surface area contributed by atoms with Gasteiger partial charge in [-0.25, -0.2) is 4.90 Å². The van der Waals surface area contributed by atoms with Gasteiger partial charge in [0, 0.05) is 9.77 Å². The number of aromatic nitrogens is 2. The first-order valence-corrected chi connectivity index (χ1v) is 10.2. The number of fused-ring (bicyclic) bond motifs is 1. The summed E-state index contributed by atoms with van der Waals surface area (Å²) in [5.41, 5.74) is 0.846. The van der Waals surface area contributed by atoms with E-state index in [-0.39, 0.29) is 6.54 Å². The van der Waals surface area contributed by atoms with Gasteiger partial charge in [0.1, 0.15) is 0 Å². The third kappa shape index (κ3) is 3.57. The van der Waals surface area contributed by atoms with Crippen molar-refractivity contribution in [2.24, 2.45) is 0 Å². The molecule has 1 aliphatic rings. The molecule has 1 aliphatic heterocycles. The summed E-state index contributed by atoms with van der Waals surface area (Å²) in [6.07, 6.45) is -4.60. The Bertz CT molecular complexity index is 1250. The van der Waals surface area contributed by atoms with Gasteiger partial charge in [-0.3, -0.25) is 14.3 Å². The lowest BCUT2D eigenvalue weighted by atomic mass is 10.1. The third-order valence-electron chi connectivity index (χ3n) is 5.06. The quantitative estimate of drug-likeness (QED) is 0.247. The zero-order valence-electron chi connectivity index (χ0n) is 16.3. The van der Waals surface area contributed by atoms with Gasteiger partial charge in [0.15, 0.2) is 0 Å². The number of carbonyl (C=O) groups excluding carboxylic acids is 2. The standard InChI is InChI=1S/C21H13F5IN3O2/c1-11-7-12(9-29-10-13(8-28-29)20(22,23)21(24,25)26)5-6-16(11)30-18(31)14-3-2-4-15(27)17(14)19(30)32/h2-8,10H,9H2,1H3. The van der Waals surface area contributed by atoms with E-state index in [0.29, 0.717) is 43.9 Å². The van der Waals surface area contributed by atoms with Crippen LogP contribution >= 0.6 is 22.6 Å². The lowest BCUT2D eigenvalue weighted by Gasteiger charge is -2.18. The van der Waals surface area contributed by atoms with Crippen molar-refractivity contribution in [2.45, 2.75) is 25.6 Å². The molecule has 5 nitrogen and oxygen atoms in total. The Kier molecular flexibility index (Phi) is 5.34. The van der Waals surface area contributed by atoms with Gasteiger partial charge >= 0.3 is 12.1 Å². The zero-order valence-corrected chi connectivity index (χ0v) is 18.4. The number of hydrogen-bond acceptors (Lipinski definition) is 3. The van der Waals surface area contributed by atoms with Crippen molar-refractivity contribution in [3.63, 3.8) is 0 Å². The molecule has 3 aromatic rings. The van der Waals surface area contributed by atoms with Gasteiger partial charge in [-0.1, -0.05) is 18.2 Å². The number of hydrogen-bond donors (Lipinski definition) is 0. The Morgan fingerprint density at radius 1 is 1.03 bits per heavy atom. The van der Waals surface area contributed by atoms with Crippen LogP contribution in [-0.2, 0) is 12.5 Å². The highest BCUT2D eigenvalue weighted by Crippen LogP contribution is 2.43. The van der Waals surface area contributed by atoms with E-state index in [1.165, 1.54) is 6.07 Å². The summed E-state index contributed by atoms with van der Waals surface area (Å²) in [5, 5.41) is 3.60. The minimum Gasteiger partial charge on any atom is -0.268 e. The minimum atomic E-state index is -5.72. The number of imide groups is 1. The molecule has 0 saturated carbocycles. The van der Waals surface area contributed by atoms with Gasteiger partial charge in [0.2, 0.25) is 0 Å². The number of benzene rings is 2. The predicted molar refractivity (Wildman–Crippen MR) is 113 cm³/mol. The summed E-state index contributed by atoms with van der Waals surface area (Å²) in [6, 6.07) is 9.70. The number of alkyl halides is 5. The Morgan fingerprint density at radius 2 is 1.75 bits per heavy atom. The summed E-state index contributed by atoms with van der Waals surface area (Å²) < 4.78 is 66.2. The van der Waals surface area contributed by atoms with Gasteiger partial charge < -0.3 is 0 Å². The van der Waals surface area contributed by atoms with Gasteiger partial charge in [0.05, 0.1) is 35.1 Å². The van der Waals surface area contributed by atoms with Crippen molar-refractivity contribution in [1.29, 1.82) is 0 Å². The van der Waals surface area contributed by atoms with Crippen LogP contribution in [0.4, 0.5) is 27.6 Å². The average molecular weight is 561 g/mol. The number of amides is 2. The van der Waals surface area contributed by atoms with E-state index < -0.39 is 29.5 Å². The maximum absolute atomic E-state index is 13.5. The average Bonchev–Trinajstić information content (AvgIpc) is 3.26. The normalized spacial score (nSPS) is 14.3. The van der Waals surface area contributed by atoms with Crippen molar-refractivity contribution >= 4 is 40.1 Å². The molecular formula is C21H13F5IN3O2. The van der Waals surface area contributed by atoms with Crippen molar-refractivity contribution in [3.05, 3.63) is 80.2 Å². The lowest BCUT2D eigenvalue weighted by Crippen LogP contribution is -2.33. The molecule has 2 heterocycles. The molecular weight excluding hydrogens is 548 g/mol. The molecule has 4 rings (SSSR count). The summed E-state index contributed by atoms with van der Waals surface area (Å²) in [7, 11) is 0. The summed E-state index contributed by atoms with van der Waals surface area (Å²) in [5.74, 6) is -5.91. The smallest absolute Gasteiger partial charge is 0.268 e. The number of anilines is 1. The Morgan fingerprint density at radius 3 is 2.38 bits per heavy atom. The van der Waals surface area contributed by atoms with Crippen LogP contribution in [-0.4, -0.2) is 27.8 Å². The van der Waals surface area contributed by atoms with Gasteiger partial charge in [-0.15, -0.1) is 0 Å². The molecule has 1 aromatic heterocycles. The lowest BCUT2D eigenvalue weighted by molar-refractivity contribution is -0.289. The van der Waals surface area contributed by atoms with Crippen molar-refractivity contribution in [1.82, 2.24) is 9.78 Å². The molecule has 0 atom stereocenters. The molecule has 0 saturated heterocycles. The Labute approximate surface area is 192 Å². The molecule has 0 N–H and O–H groups in total. The second-order valence-corrected chi connectivity index (χ2v) is 8.39. The fourth-order valence-corrected chi connectivity index (χ4v) is 4.22. The Balaban J connectivity index is 1.59. The summed E-state index contributed by atoms with van der Waals surface area (Å²) in [6.45, 7) is 1.59.